The molecule has 0 amide bonds. The first-order chi connectivity index (χ1) is 7.27. The Kier molecular flexibility index (Phi) is 2.80. The van der Waals surface area contributed by atoms with Crippen molar-refractivity contribution in [2.45, 2.75) is 19.3 Å². The zero-order valence-corrected chi connectivity index (χ0v) is 8.43. The molecule has 1 saturated heterocycles. The lowest BCUT2D eigenvalue weighted by atomic mass is 10.1. The zero-order chi connectivity index (χ0) is 10.7. The molecule has 1 aromatic heterocycles. The van der Waals surface area contributed by atoms with Crippen LogP contribution >= 0.6 is 0 Å². The first-order valence-corrected chi connectivity index (χ1v) is 5.13. The molecule has 1 aliphatic heterocycles. The van der Waals surface area contributed by atoms with Crippen LogP contribution in [-0.2, 0) is 0 Å². The summed E-state index contributed by atoms with van der Waals surface area (Å²) in [6.45, 7) is 1.91. The van der Waals surface area contributed by atoms with Gasteiger partial charge in [0.2, 0.25) is 0 Å². The van der Waals surface area contributed by atoms with Gasteiger partial charge in [-0.25, -0.2) is 4.98 Å². The van der Waals surface area contributed by atoms with Gasteiger partial charge in [0.15, 0.2) is 0 Å². The summed E-state index contributed by atoms with van der Waals surface area (Å²) in [5.41, 5.74) is 0.116. The van der Waals surface area contributed by atoms with E-state index in [-0.39, 0.29) is 10.6 Å². The Balaban J connectivity index is 2.19. The number of hydrogen-bond acceptors (Lipinski definition) is 4. The van der Waals surface area contributed by atoms with Gasteiger partial charge in [-0.3, -0.25) is 10.1 Å². The van der Waals surface area contributed by atoms with Gasteiger partial charge in [0.05, 0.1) is 11.0 Å². The fourth-order valence-corrected chi connectivity index (χ4v) is 1.82. The number of rotatable bonds is 2. The maximum atomic E-state index is 10.6. The van der Waals surface area contributed by atoms with Crippen LogP contribution in [0.5, 0.6) is 0 Å². The fraction of sp³-hybridized carbons (Fsp3) is 0.500. The topological polar surface area (TPSA) is 59.3 Å². The molecule has 0 atom stereocenters. The summed E-state index contributed by atoms with van der Waals surface area (Å²) in [7, 11) is 0. The van der Waals surface area contributed by atoms with Crippen LogP contribution in [0.4, 0.5) is 11.5 Å². The van der Waals surface area contributed by atoms with Crippen molar-refractivity contribution in [2.24, 2.45) is 0 Å². The Morgan fingerprint density at radius 3 is 2.73 bits per heavy atom. The van der Waals surface area contributed by atoms with Crippen LogP contribution in [-0.4, -0.2) is 23.0 Å². The molecule has 0 saturated carbocycles. The van der Waals surface area contributed by atoms with Crippen LogP contribution in [0.3, 0.4) is 0 Å². The Morgan fingerprint density at radius 2 is 2.07 bits per heavy atom. The van der Waals surface area contributed by atoms with Gasteiger partial charge in [-0.1, -0.05) is 0 Å². The van der Waals surface area contributed by atoms with Gasteiger partial charge in [0.25, 0.3) is 5.69 Å². The van der Waals surface area contributed by atoms with Gasteiger partial charge < -0.3 is 4.90 Å². The quantitative estimate of drug-likeness (QED) is 0.549. The average molecular weight is 207 g/mol. The number of nitro groups is 1. The van der Waals surface area contributed by atoms with E-state index in [0.29, 0.717) is 0 Å². The summed E-state index contributed by atoms with van der Waals surface area (Å²) in [5, 5.41) is 10.6. The van der Waals surface area contributed by atoms with Crippen LogP contribution in [0, 0.1) is 10.1 Å². The summed E-state index contributed by atoms with van der Waals surface area (Å²) >= 11 is 0. The van der Waals surface area contributed by atoms with Crippen molar-refractivity contribution in [3.8, 4) is 0 Å². The molecule has 5 nitrogen and oxygen atoms in total. The van der Waals surface area contributed by atoms with Gasteiger partial charge in [0, 0.05) is 25.4 Å². The van der Waals surface area contributed by atoms with Gasteiger partial charge in [-0.2, -0.15) is 0 Å². The van der Waals surface area contributed by atoms with Crippen molar-refractivity contribution in [3.63, 3.8) is 0 Å². The zero-order valence-electron chi connectivity index (χ0n) is 8.43. The number of anilines is 1. The molecule has 80 valence electrons. The van der Waals surface area contributed by atoms with E-state index in [2.05, 4.69) is 9.88 Å². The van der Waals surface area contributed by atoms with Crippen LogP contribution in [0.15, 0.2) is 18.3 Å². The predicted octanol–water partition coefficient (Wildman–Crippen LogP) is 1.98. The Labute approximate surface area is 87.9 Å². The Hall–Kier alpha value is -1.65. The molecule has 1 fully saturated rings. The summed E-state index contributed by atoms with van der Waals surface area (Å²) in [6, 6.07) is 2.97. The van der Waals surface area contributed by atoms with E-state index in [9.17, 15) is 10.1 Å². The SMILES string of the molecule is O=[N+]([O-])c1ccnc(N2CCCCC2)c1. The molecule has 5 heteroatoms. The number of piperidine rings is 1. The first kappa shape index (κ1) is 9.89. The minimum atomic E-state index is -0.380. The number of hydrogen-bond donors (Lipinski definition) is 0. The number of pyridine rings is 1. The summed E-state index contributed by atoms with van der Waals surface area (Å²) in [6.07, 6.45) is 5.03. The highest BCUT2D eigenvalue weighted by atomic mass is 16.6. The molecule has 1 aromatic rings. The normalized spacial score (nSPS) is 16.4. The molecule has 0 aliphatic carbocycles. The lowest BCUT2D eigenvalue weighted by Gasteiger charge is -2.27. The molecule has 15 heavy (non-hydrogen) atoms. The van der Waals surface area contributed by atoms with Gasteiger partial charge in [0.1, 0.15) is 5.82 Å². The molecule has 2 rings (SSSR count). The van der Waals surface area contributed by atoms with E-state index in [0.717, 1.165) is 31.7 Å². The van der Waals surface area contributed by atoms with Crippen molar-refractivity contribution in [1.82, 2.24) is 4.98 Å². The smallest absolute Gasteiger partial charge is 0.274 e. The minimum absolute atomic E-state index is 0.116. The van der Waals surface area contributed by atoms with E-state index in [1.165, 1.54) is 18.7 Å². The van der Waals surface area contributed by atoms with E-state index >= 15 is 0 Å². The van der Waals surface area contributed by atoms with Gasteiger partial charge >= 0.3 is 0 Å². The fourth-order valence-electron chi connectivity index (χ4n) is 1.82. The first-order valence-electron chi connectivity index (χ1n) is 5.13. The van der Waals surface area contributed by atoms with E-state index in [1.807, 2.05) is 0 Å². The third kappa shape index (κ3) is 2.23. The van der Waals surface area contributed by atoms with E-state index < -0.39 is 0 Å². The maximum absolute atomic E-state index is 10.6. The van der Waals surface area contributed by atoms with Gasteiger partial charge in [-0.05, 0) is 19.3 Å². The second-order valence-electron chi connectivity index (χ2n) is 3.68. The Bertz CT molecular complexity index is 361. The third-order valence-electron chi connectivity index (χ3n) is 2.62. The molecular weight excluding hydrogens is 194 g/mol. The standard InChI is InChI=1S/C10H13N3O2/c14-13(15)9-4-5-11-10(8-9)12-6-2-1-3-7-12/h4-5,8H,1-3,6-7H2. The number of aromatic nitrogens is 1. The summed E-state index contributed by atoms with van der Waals surface area (Å²) in [4.78, 5) is 16.5. The van der Waals surface area contributed by atoms with Crippen LogP contribution in [0.1, 0.15) is 19.3 Å². The molecule has 0 aromatic carbocycles. The average Bonchev–Trinajstić information content (AvgIpc) is 2.30. The van der Waals surface area contributed by atoms with Crippen molar-refractivity contribution in [2.75, 3.05) is 18.0 Å². The van der Waals surface area contributed by atoms with Crippen LogP contribution in [0.25, 0.3) is 0 Å². The second kappa shape index (κ2) is 4.25. The monoisotopic (exact) mass is 207 g/mol. The van der Waals surface area contributed by atoms with Crippen LogP contribution < -0.4 is 4.90 Å². The van der Waals surface area contributed by atoms with Crippen molar-refractivity contribution in [3.05, 3.63) is 28.4 Å². The molecule has 0 bridgehead atoms. The largest absolute Gasteiger partial charge is 0.356 e. The highest BCUT2D eigenvalue weighted by Gasteiger charge is 2.14. The summed E-state index contributed by atoms with van der Waals surface area (Å²) < 4.78 is 0. The lowest BCUT2D eigenvalue weighted by Crippen LogP contribution is -2.30. The number of nitrogens with zero attached hydrogens (tertiary/aromatic N) is 3. The van der Waals surface area contributed by atoms with Crippen LogP contribution in [0.2, 0.25) is 0 Å². The molecule has 0 N–H and O–H groups in total. The van der Waals surface area contributed by atoms with Crippen molar-refractivity contribution >= 4 is 11.5 Å². The highest BCUT2D eigenvalue weighted by molar-refractivity contribution is 5.46. The third-order valence-corrected chi connectivity index (χ3v) is 2.62. The molecule has 0 spiro atoms. The van der Waals surface area contributed by atoms with E-state index in [4.69, 9.17) is 0 Å². The molecule has 1 aliphatic rings. The lowest BCUT2D eigenvalue weighted by molar-refractivity contribution is -0.384. The van der Waals surface area contributed by atoms with Crippen molar-refractivity contribution < 1.29 is 4.92 Å². The van der Waals surface area contributed by atoms with E-state index in [1.54, 1.807) is 6.07 Å². The molecule has 0 radical (unpaired) electrons. The summed E-state index contributed by atoms with van der Waals surface area (Å²) in [5.74, 6) is 0.726. The predicted molar refractivity (Wildman–Crippen MR) is 57.0 cm³/mol. The Morgan fingerprint density at radius 1 is 1.33 bits per heavy atom. The maximum Gasteiger partial charge on any atom is 0.274 e. The molecule has 0 unspecified atom stereocenters. The highest BCUT2D eigenvalue weighted by Crippen LogP contribution is 2.21. The van der Waals surface area contributed by atoms with Crippen molar-refractivity contribution in [1.29, 1.82) is 0 Å². The minimum Gasteiger partial charge on any atom is -0.356 e. The van der Waals surface area contributed by atoms with Gasteiger partial charge in [-0.15, -0.1) is 0 Å². The molecule has 2 heterocycles. The second-order valence-corrected chi connectivity index (χ2v) is 3.68. The molecular formula is C10H13N3O2.